The van der Waals surface area contributed by atoms with Crippen LogP contribution in [0.4, 0.5) is 13.2 Å². The molecule has 0 aliphatic carbocycles. The first-order valence-electron chi connectivity index (χ1n) is 9.25. The molecule has 1 heterocycles. The number of nitrogens with zero attached hydrogens (tertiary/aromatic N) is 2. The maximum atomic E-state index is 12.6. The molecule has 160 valence electrons. The molecule has 1 aromatic heterocycles. The van der Waals surface area contributed by atoms with E-state index in [4.69, 9.17) is 4.74 Å². The number of thiazole rings is 1. The quantitative estimate of drug-likeness (QED) is 0.421. The summed E-state index contributed by atoms with van der Waals surface area (Å²) in [6.45, 7) is 5.19. The summed E-state index contributed by atoms with van der Waals surface area (Å²) in [6.07, 6.45) is -2.48. The van der Waals surface area contributed by atoms with E-state index in [1.807, 2.05) is 13.1 Å². The molecule has 0 saturated carbocycles. The van der Waals surface area contributed by atoms with Gasteiger partial charge in [0, 0.05) is 24.2 Å². The van der Waals surface area contributed by atoms with E-state index in [2.05, 4.69) is 27.5 Å². The van der Waals surface area contributed by atoms with Gasteiger partial charge < -0.3 is 20.5 Å². The van der Waals surface area contributed by atoms with Gasteiger partial charge in [0.25, 0.3) is 0 Å². The predicted octanol–water partition coefficient (Wildman–Crippen LogP) is 3.22. The normalized spacial score (nSPS) is 13.2. The number of guanidine groups is 1. The van der Waals surface area contributed by atoms with Crippen molar-refractivity contribution in [3.05, 3.63) is 45.9 Å². The molecule has 1 aromatic carbocycles. The molecule has 0 radical (unpaired) electrons. The van der Waals surface area contributed by atoms with Crippen molar-refractivity contribution in [1.29, 1.82) is 0 Å². The van der Waals surface area contributed by atoms with Crippen molar-refractivity contribution in [3.63, 3.8) is 0 Å². The molecule has 1 atom stereocenters. The highest BCUT2D eigenvalue weighted by Crippen LogP contribution is 2.30. The standard InChI is InChI=1S/C19H25F3N4O2S/c1-3-16-10-24-17(29-16)11-26-18(23-4-2)25-9-14(27)12-28-15-7-5-13(6-8-15)19(20,21)22/h5-8,10,14,27H,3-4,9,11-12H2,1-2H3,(H2,23,25,26). The van der Waals surface area contributed by atoms with E-state index in [1.54, 1.807) is 11.3 Å². The molecule has 0 spiro atoms. The van der Waals surface area contributed by atoms with E-state index in [0.717, 1.165) is 23.6 Å². The minimum Gasteiger partial charge on any atom is -0.491 e. The van der Waals surface area contributed by atoms with Crippen LogP contribution in [0.3, 0.4) is 0 Å². The van der Waals surface area contributed by atoms with E-state index >= 15 is 0 Å². The number of hydrogen-bond donors (Lipinski definition) is 3. The molecule has 1 unspecified atom stereocenters. The second-order valence-corrected chi connectivity index (χ2v) is 7.34. The Labute approximate surface area is 171 Å². The molecule has 0 fully saturated rings. The summed E-state index contributed by atoms with van der Waals surface area (Å²) >= 11 is 1.61. The maximum absolute atomic E-state index is 12.6. The minimum absolute atomic E-state index is 0.0654. The van der Waals surface area contributed by atoms with Gasteiger partial charge in [-0.3, -0.25) is 0 Å². The topological polar surface area (TPSA) is 78.8 Å². The van der Waals surface area contributed by atoms with Crippen molar-refractivity contribution in [3.8, 4) is 5.75 Å². The fourth-order valence-corrected chi connectivity index (χ4v) is 3.07. The zero-order valence-corrected chi connectivity index (χ0v) is 17.1. The van der Waals surface area contributed by atoms with Gasteiger partial charge in [-0.2, -0.15) is 13.2 Å². The minimum atomic E-state index is -4.39. The summed E-state index contributed by atoms with van der Waals surface area (Å²) in [4.78, 5) is 9.95. The van der Waals surface area contributed by atoms with E-state index in [1.165, 1.54) is 17.0 Å². The van der Waals surface area contributed by atoms with E-state index in [-0.39, 0.29) is 18.9 Å². The third-order valence-corrected chi connectivity index (χ3v) is 4.92. The van der Waals surface area contributed by atoms with Gasteiger partial charge in [0.15, 0.2) is 5.96 Å². The maximum Gasteiger partial charge on any atom is 0.416 e. The van der Waals surface area contributed by atoms with Crippen molar-refractivity contribution < 1.29 is 23.0 Å². The summed E-state index contributed by atoms with van der Waals surface area (Å²) in [7, 11) is 0. The largest absolute Gasteiger partial charge is 0.491 e. The molecular weight excluding hydrogens is 405 g/mol. The van der Waals surface area contributed by atoms with Gasteiger partial charge in [0.05, 0.1) is 12.1 Å². The van der Waals surface area contributed by atoms with Gasteiger partial charge in [-0.25, -0.2) is 9.98 Å². The number of benzene rings is 1. The predicted molar refractivity (Wildman–Crippen MR) is 107 cm³/mol. The van der Waals surface area contributed by atoms with E-state index < -0.39 is 17.8 Å². The summed E-state index contributed by atoms with van der Waals surface area (Å²) in [5, 5.41) is 17.1. The number of alkyl halides is 3. The van der Waals surface area contributed by atoms with Crippen LogP contribution >= 0.6 is 11.3 Å². The molecule has 6 nitrogen and oxygen atoms in total. The molecule has 2 aromatic rings. The number of aliphatic imine (C=N–C) groups is 1. The SMILES string of the molecule is CCNC(=NCc1ncc(CC)s1)NCC(O)COc1ccc(C(F)(F)F)cc1. The second-order valence-electron chi connectivity index (χ2n) is 6.14. The van der Waals surface area contributed by atoms with Crippen LogP contribution < -0.4 is 15.4 Å². The van der Waals surface area contributed by atoms with Crippen molar-refractivity contribution in [2.24, 2.45) is 4.99 Å². The first-order chi connectivity index (χ1) is 13.8. The van der Waals surface area contributed by atoms with Crippen molar-refractivity contribution in [1.82, 2.24) is 15.6 Å². The van der Waals surface area contributed by atoms with Crippen LogP contribution in [0.2, 0.25) is 0 Å². The van der Waals surface area contributed by atoms with Gasteiger partial charge in [-0.15, -0.1) is 11.3 Å². The first-order valence-corrected chi connectivity index (χ1v) is 10.1. The fourth-order valence-electron chi connectivity index (χ4n) is 2.28. The van der Waals surface area contributed by atoms with Crippen LogP contribution in [-0.2, 0) is 19.1 Å². The Kier molecular flexibility index (Phi) is 8.71. The molecular formula is C19H25F3N4O2S. The Hall–Kier alpha value is -2.33. The van der Waals surface area contributed by atoms with Crippen LogP contribution in [-0.4, -0.2) is 41.9 Å². The highest BCUT2D eigenvalue weighted by molar-refractivity contribution is 7.11. The number of rotatable bonds is 9. The van der Waals surface area contributed by atoms with Gasteiger partial charge >= 0.3 is 6.18 Å². The third kappa shape index (κ3) is 7.90. The van der Waals surface area contributed by atoms with Crippen molar-refractivity contribution in [2.45, 2.75) is 39.1 Å². The van der Waals surface area contributed by atoms with E-state index in [0.29, 0.717) is 19.0 Å². The zero-order chi connectivity index (χ0) is 21.3. The molecule has 0 saturated heterocycles. The first kappa shape index (κ1) is 23.0. The lowest BCUT2D eigenvalue weighted by molar-refractivity contribution is -0.137. The fraction of sp³-hybridized carbons (Fsp3) is 0.474. The molecule has 0 aliphatic rings. The van der Waals surface area contributed by atoms with Gasteiger partial charge in [0.2, 0.25) is 0 Å². The lowest BCUT2D eigenvalue weighted by atomic mass is 10.2. The number of halogens is 3. The van der Waals surface area contributed by atoms with E-state index in [9.17, 15) is 18.3 Å². The van der Waals surface area contributed by atoms with Crippen LogP contribution in [0.1, 0.15) is 29.3 Å². The smallest absolute Gasteiger partial charge is 0.416 e. The van der Waals surface area contributed by atoms with Crippen LogP contribution in [0.5, 0.6) is 5.75 Å². The number of aliphatic hydroxyl groups is 1. The number of aryl methyl sites for hydroxylation is 1. The van der Waals surface area contributed by atoms with Gasteiger partial charge in [-0.05, 0) is 37.6 Å². The van der Waals surface area contributed by atoms with Gasteiger partial charge in [-0.1, -0.05) is 6.92 Å². The monoisotopic (exact) mass is 430 g/mol. The zero-order valence-electron chi connectivity index (χ0n) is 16.3. The number of aliphatic hydroxyl groups excluding tert-OH is 1. The number of hydrogen-bond acceptors (Lipinski definition) is 5. The average Bonchev–Trinajstić information content (AvgIpc) is 3.16. The summed E-state index contributed by atoms with van der Waals surface area (Å²) in [5.74, 6) is 0.794. The highest BCUT2D eigenvalue weighted by atomic mass is 32.1. The Morgan fingerprint density at radius 1 is 1.24 bits per heavy atom. The number of ether oxygens (including phenoxy) is 1. The molecule has 2 rings (SSSR count). The Bertz CT molecular complexity index is 779. The molecule has 29 heavy (non-hydrogen) atoms. The Morgan fingerprint density at radius 3 is 2.55 bits per heavy atom. The summed E-state index contributed by atoms with van der Waals surface area (Å²) in [6, 6.07) is 4.34. The summed E-state index contributed by atoms with van der Waals surface area (Å²) in [5.41, 5.74) is -0.746. The third-order valence-electron chi connectivity index (χ3n) is 3.80. The Morgan fingerprint density at radius 2 is 1.97 bits per heavy atom. The molecule has 0 bridgehead atoms. The molecule has 10 heteroatoms. The average molecular weight is 430 g/mol. The van der Waals surface area contributed by atoms with Crippen LogP contribution in [0.25, 0.3) is 0 Å². The number of aromatic nitrogens is 1. The lowest BCUT2D eigenvalue weighted by Crippen LogP contribution is -2.42. The lowest BCUT2D eigenvalue weighted by Gasteiger charge is -2.16. The number of nitrogens with one attached hydrogen (secondary N) is 2. The highest BCUT2D eigenvalue weighted by Gasteiger charge is 2.30. The van der Waals surface area contributed by atoms with Crippen molar-refractivity contribution in [2.75, 3.05) is 19.7 Å². The van der Waals surface area contributed by atoms with Crippen molar-refractivity contribution >= 4 is 17.3 Å². The van der Waals surface area contributed by atoms with Crippen LogP contribution in [0.15, 0.2) is 35.5 Å². The van der Waals surface area contributed by atoms with Gasteiger partial charge in [0.1, 0.15) is 23.5 Å². The second kappa shape index (κ2) is 11.0. The molecule has 0 amide bonds. The molecule has 3 N–H and O–H groups in total. The van der Waals surface area contributed by atoms with Crippen LogP contribution in [0, 0.1) is 0 Å². The molecule has 0 aliphatic heterocycles. The summed E-state index contributed by atoms with van der Waals surface area (Å²) < 4.78 is 43.0. The Balaban J connectivity index is 1.80.